The second-order valence-electron chi connectivity index (χ2n) is 4.78. The van der Waals surface area contributed by atoms with E-state index in [0.29, 0.717) is 0 Å². The standard InChI is InChI=1S/C10H17ClN2O3/c1-10(2,5-11)9(16)13-4-6(14)3-7(13)8(12)15/h6-7,14H,3-5H2,1-2H3,(H2,12,15). The van der Waals surface area contributed by atoms with Gasteiger partial charge < -0.3 is 15.7 Å². The minimum Gasteiger partial charge on any atom is -0.391 e. The molecule has 5 nitrogen and oxygen atoms in total. The highest BCUT2D eigenvalue weighted by molar-refractivity contribution is 6.19. The van der Waals surface area contributed by atoms with Crippen molar-refractivity contribution in [2.45, 2.75) is 32.4 Å². The van der Waals surface area contributed by atoms with Gasteiger partial charge in [0, 0.05) is 18.8 Å². The first-order valence-electron chi connectivity index (χ1n) is 5.14. The Morgan fingerprint density at radius 3 is 2.56 bits per heavy atom. The Kier molecular flexibility index (Phi) is 3.80. The number of β-amino-alcohol motifs (C(OH)–C–C–N with tert-alkyl or cyclic N) is 1. The van der Waals surface area contributed by atoms with Gasteiger partial charge in [-0.05, 0) is 13.8 Å². The van der Waals surface area contributed by atoms with Crippen molar-refractivity contribution >= 4 is 23.4 Å². The van der Waals surface area contributed by atoms with E-state index in [4.69, 9.17) is 17.3 Å². The maximum Gasteiger partial charge on any atom is 0.240 e. The molecule has 0 spiro atoms. The molecule has 0 radical (unpaired) electrons. The SMILES string of the molecule is CC(C)(CCl)C(=O)N1CC(O)CC1C(N)=O. The molecule has 92 valence electrons. The molecule has 1 rings (SSSR count). The van der Waals surface area contributed by atoms with Gasteiger partial charge in [0.1, 0.15) is 6.04 Å². The van der Waals surface area contributed by atoms with Crippen molar-refractivity contribution < 1.29 is 14.7 Å². The van der Waals surface area contributed by atoms with E-state index in [0.717, 1.165) is 0 Å². The number of nitrogens with two attached hydrogens (primary N) is 1. The molecule has 16 heavy (non-hydrogen) atoms. The third kappa shape index (κ3) is 2.47. The Morgan fingerprint density at radius 2 is 2.12 bits per heavy atom. The number of halogens is 1. The molecule has 2 unspecified atom stereocenters. The number of aliphatic hydroxyl groups excluding tert-OH is 1. The Bertz CT molecular complexity index is 306. The van der Waals surface area contributed by atoms with Gasteiger partial charge >= 0.3 is 0 Å². The minimum atomic E-state index is -0.751. The summed E-state index contributed by atoms with van der Waals surface area (Å²) >= 11 is 5.70. The summed E-state index contributed by atoms with van der Waals surface area (Å²) in [7, 11) is 0. The predicted molar refractivity (Wildman–Crippen MR) is 59.8 cm³/mol. The number of carbonyl (C=O) groups is 2. The van der Waals surface area contributed by atoms with Crippen LogP contribution in [0.5, 0.6) is 0 Å². The number of primary amides is 1. The van der Waals surface area contributed by atoms with Crippen LogP contribution in [0.15, 0.2) is 0 Å². The first-order valence-corrected chi connectivity index (χ1v) is 5.67. The molecule has 0 aromatic carbocycles. The second-order valence-corrected chi connectivity index (χ2v) is 5.05. The van der Waals surface area contributed by atoms with Crippen molar-refractivity contribution in [3.05, 3.63) is 0 Å². The summed E-state index contributed by atoms with van der Waals surface area (Å²) in [5.74, 6) is -0.678. The topological polar surface area (TPSA) is 83.6 Å². The number of amides is 2. The lowest BCUT2D eigenvalue weighted by molar-refractivity contribution is -0.143. The lowest BCUT2D eigenvalue weighted by atomic mass is 9.94. The van der Waals surface area contributed by atoms with E-state index in [9.17, 15) is 14.7 Å². The number of nitrogens with zero attached hydrogens (tertiary/aromatic N) is 1. The number of rotatable bonds is 3. The molecular weight excluding hydrogens is 232 g/mol. The van der Waals surface area contributed by atoms with Crippen LogP contribution >= 0.6 is 11.6 Å². The van der Waals surface area contributed by atoms with E-state index in [1.54, 1.807) is 13.8 Å². The molecule has 1 saturated heterocycles. The van der Waals surface area contributed by atoms with Gasteiger partial charge in [-0.3, -0.25) is 9.59 Å². The molecule has 0 bridgehead atoms. The summed E-state index contributed by atoms with van der Waals surface area (Å²) in [6.07, 6.45) is -0.480. The highest BCUT2D eigenvalue weighted by Crippen LogP contribution is 2.26. The fourth-order valence-electron chi connectivity index (χ4n) is 1.75. The van der Waals surface area contributed by atoms with Crippen LogP contribution in [0.4, 0.5) is 0 Å². The zero-order valence-corrected chi connectivity index (χ0v) is 10.2. The Morgan fingerprint density at radius 1 is 1.56 bits per heavy atom. The van der Waals surface area contributed by atoms with Crippen LogP contribution in [0, 0.1) is 5.41 Å². The summed E-state index contributed by atoms with van der Waals surface area (Å²) in [6, 6.07) is -0.718. The number of aliphatic hydroxyl groups is 1. The number of carbonyl (C=O) groups excluding carboxylic acids is 2. The molecule has 0 aromatic rings. The van der Waals surface area contributed by atoms with Gasteiger partial charge in [-0.1, -0.05) is 0 Å². The molecule has 0 saturated carbocycles. The maximum atomic E-state index is 12.1. The minimum absolute atomic E-state index is 0.146. The van der Waals surface area contributed by atoms with Crippen molar-refractivity contribution in [1.82, 2.24) is 4.90 Å². The molecule has 1 aliphatic heterocycles. The van der Waals surface area contributed by atoms with Crippen molar-refractivity contribution in [2.24, 2.45) is 11.1 Å². The first kappa shape index (κ1) is 13.3. The molecule has 0 aromatic heterocycles. The molecule has 2 amide bonds. The van der Waals surface area contributed by atoms with Gasteiger partial charge in [-0.15, -0.1) is 11.6 Å². The highest BCUT2D eigenvalue weighted by Gasteiger charge is 2.42. The Balaban J connectivity index is 2.86. The van der Waals surface area contributed by atoms with E-state index in [-0.39, 0.29) is 24.8 Å². The number of hydrogen-bond donors (Lipinski definition) is 2. The molecule has 3 N–H and O–H groups in total. The van der Waals surface area contributed by atoms with Crippen LogP contribution in [-0.4, -0.2) is 46.4 Å². The zero-order valence-electron chi connectivity index (χ0n) is 9.44. The van der Waals surface area contributed by atoms with Crippen molar-refractivity contribution in [2.75, 3.05) is 12.4 Å². The van der Waals surface area contributed by atoms with Gasteiger partial charge in [0.2, 0.25) is 11.8 Å². The largest absolute Gasteiger partial charge is 0.391 e. The highest BCUT2D eigenvalue weighted by atomic mass is 35.5. The van der Waals surface area contributed by atoms with Crippen LogP contribution in [0.3, 0.4) is 0 Å². The predicted octanol–water partition coefficient (Wildman–Crippen LogP) is -0.302. The summed E-state index contributed by atoms with van der Waals surface area (Å²) < 4.78 is 0. The van der Waals surface area contributed by atoms with Crippen LogP contribution in [0.2, 0.25) is 0 Å². The normalized spacial score (nSPS) is 25.9. The third-order valence-corrected chi connectivity index (χ3v) is 3.45. The summed E-state index contributed by atoms with van der Waals surface area (Å²) in [4.78, 5) is 24.6. The lowest BCUT2D eigenvalue weighted by Crippen LogP contribution is -2.49. The number of likely N-dealkylation sites (tertiary alicyclic amines) is 1. The van der Waals surface area contributed by atoms with E-state index in [2.05, 4.69) is 0 Å². The van der Waals surface area contributed by atoms with Crippen LogP contribution < -0.4 is 5.73 Å². The van der Waals surface area contributed by atoms with Crippen LogP contribution in [-0.2, 0) is 9.59 Å². The summed E-state index contributed by atoms with van der Waals surface area (Å²) in [5.41, 5.74) is 4.45. The van der Waals surface area contributed by atoms with Crippen molar-refractivity contribution in [1.29, 1.82) is 0 Å². The van der Waals surface area contributed by atoms with E-state index < -0.39 is 23.5 Å². The number of alkyl halides is 1. The second kappa shape index (κ2) is 4.59. The van der Waals surface area contributed by atoms with Crippen LogP contribution in [0.25, 0.3) is 0 Å². The molecule has 0 aliphatic carbocycles. The van der Waals surface area contributed by atoms with Gasteiger partial charge in [-0.2, -0.15) is 0 Å². The zero-order chi connectivity index (χ0) is 12.5. The molecule has 6 heteroatoms. The van der Waals surface area contributed by atoms with E-state index in [1.165, 1.54) is 4.90 Å². The Labute approximate surface area is 99.5 Å². The van der Waals surface area contributed by atoms with Gasteiger partial charge in [-0.25, -0.2) is 0 Å². The third-order valence-electron chi connectivity index (χ3n) is 2.78. The molecule has 2 atom stereocenters. The molecule has 1 heterocycles. The lowest BCUT2D eigenvalue weighted by Gasteiger charge is -2.30. The molecule has 1 fully saturated rings. The molecule has 1 aliphatic rings. The summed E-state index contributed by atoms with van der Waals surface area (Å²) in [5, 5.41) is 9.47. The van der Waals surface area contributed by atoms with E-state index in [1.807, 2.05) is 0 Å². The van der Waals surface area contributed by atoms with Gasteiger partial charge in [0.15, 0.2) is 0 Å². The fourth-order valence-corrected chi connectivity index (χ4v) is 1.87. The van der Waals surface area contributed by atoms with Crippen molar-refractivity contribution in [3.63, 3.8) is 0 Å². The Hall–Kier alpha value is -0.810. The average Bonchev–Trinajstić information content (AvgIpc) is 2.59. The number of hydrogen-bond acceptors (Lipinski definition) is 3. The van der Waals surface area contributed by atoms with Gasteiger partial charge in [0.25, 0.3) is 0 Å². The first-order chi connectivity index (χ1) is 7.29. The fraction of sp³-hybridized carbons (Fsp3) is 0.800. The quantitative estimate of drug-likeness (QED) is 0.673. The summed E-state index contributed by atoms with van der Waals surface area (Å²) in [6.45, 7) is 3.54. The molecular formula is C10H17ClN2O3. The average molecular weight is 249 g/mol. The van der Waals surface area contributed by atoms with E-state index >= 15 is 0 Å². The van der Waals surface area contributed by atoms with Gasteiger partial charge in [0.05, 0.1) is 11.5 Å². The maximum absolute atomic E-state index is 12.1. The smallest absolute Gasteiger partial charge is 0.240 e. The monoisotopic (exact) mass is 248 g/mol. The van der Waals surface area contributed by atoms with Crippen LogP contribution in [0.1, 0.15) is 20.3 Å². The van der Waals surface area contributed by atoms with Crippen molar-refractivity contribution in [3.8, 4) is 0 Å².